The van der Waals surface area contributed by atoms with Gasteiger partial charge in [-0.1, -0.05) is 22.4 Å². The Bertz CT molecular complexity index is 747. The SMILES string of the molecule is CS(=O)(=O)NC1CCN(C(=O)C2CCC2)C1Cc1cc(F)cc(Br)c1. The lowest BCUT2D eigenvalue weighted by Gasteiger charge is -2.34. The van der Waals surface area contributed by atoms with Gasteiger partial charge in [0.25, 0.3) is 0 Å². The number of rotatable bonds is 5. The molecule has 2 atom stereocenters. The van der Waals surface area contributed by atoms with E-state index in [0.717, 1.165) is 31.1 Å². The average Bonchev–Trinajstić information content (AvgIpc) is 2.76. The van der Waals surface area contributed by atoms with Gasteiger partial charge in [-0.05, 0) is 49.4 Å². The Morgan fingerprint density at radius 2 is 2.04 bits per heavy atom. The van der Waals surface area contributed by atoms with E-state index in [2.05, 4.69) is 20.7 Å². The van der Waals surface area contributed by atoms with Crippen LogP contribution in [-0.4, -0.2) is 44.1 Å². The minimum Gasteiger partial charge on any atom is -0.337 e. The Balaban J connectivity index is 1.84. The summed E-state index contributed by atoms with van der Waals surface area (Å²) >= 11 is 3.28. The first kappa shape index (κ1) is 18.8. The number of carbonyl (C=O) groups excluding carboxylic acids is 1. The van der Waals surface area contributed by atoms with Gasteiger partial charge in [-0.2, -0.15) is 0 Å². The molecule has 1 aromatic carbocycles. The Morgan fingerprint density at radius 3 is 2.60 bits per heavy atom. The van der Waals surface area contributed by atoms with Gasteiger partial charge in [0.15, 0.2) is 0 Å². The molecule has 1 heterocycles. The van der Waals surface area contributed by atoms with Gasteiger partial charge in [-0.3, -0.25) is 4.79 Å². The molecule has 0 aromatic heterocycles. The van der Waals surface area contributed by atoms with Crippen LogP contribution in [0, 0.1) is 11.7 Å². The van der Waals surface area contributed by atoms with Crippen LogP contribution in [0.2, 0.25) is 0 Å². The van der Waals surface area contributed by atoms with E-state index in [1.807, 2.05) is 6.07 Å². The number of carbonyl (C=O) groups is 1. The molecule has 1 aromatic rings. The minimum atomic E-state index is -3.38. The van der Waals surface area contributed by atoms with Gasteiger partial charge < -0.3 is 4.90 Å². The molecule has 3 rings (SSSR count). The van der Waals surface area contributed by atoms with Gasteiger partial charge in [-0.25, -0.2) is 17.5 Å². The molecule has 1 saturated carbocycles. The lowest BCUT2D eigenvalue weighted by molar-refractivity contribution is -0.139. The lowest BCUT2D eigenvalue weighted by Crippen LogP contribution is -2.49. The molecule has 5 nitrogen and oxygen atoms in total. The highest BCUT2D eigenvalue weighted by Crippen LogP contribution is 2.32. The fraction of sp³-hybridized carbons (Fsp3) is 0.588. The molecular formula is C17H22BrFN2O3S. The van der Waals surface area contributed by atoms with Crippen LogP contribution >= 0.6 is 15.9 Å². The molecule has 138 valence electrons. The van der Waals surface area contributed by atoms with Crippen LogP contribution in [0.1, 0.15) is 31.2 Å². The predicted octanol–water partition coefficient (Wildman–Crippen LogP) is 2.45. The second kappa shape index (κ2) is 7.32. The van der Waals surface area contributed by atoms with Gasteiger partial charge in [0.05, 0.1) is 12.3 Å². The van der Waals surface area contributed by atoms with Crippen molar-refractivity contribution in [3.63, 3.8) is 0 Å². The third-order valence-electron chi connectivity index (χ3n) is 5.02. The van der Waals surface area contributed by atoms with E-state index in [4.69, 9.17) is 0 Å². The number of nitrogens with one attached hydrogen (secondary N) is 1. The van der Waals surface area contributed by atoms with E-state index in [0.29, 0.717) is 23.9 Å². The maximum absolute atomic E-state index is 13.7. The van der Waals surface area contributed by atoms with Gasteiger partial charge in [0.1, 0.15) is 5.82 Å². The maximum atomic E-state index is 13.7. The highest BCUT2D eigenvalue weighted by Gasteiger charge is 2.41. The summed E-state index contributed by atoms with van der Waals surface area (Å²) < 4.78 is 40.4. The second-order valence-electron chi connectivity index (χ2n) is 6.99. The molecule has 1 amide bonds. The van der Waals surface area contributed by atoms with Crippen molar-refractivity contribution in [3.05, 3.63) is 34.1 Å². The van der Waals surface area contributed by atoms with Crippen LogP contribution in [0.3, 0.4) is 0 Å². The first-order chi connectivity index (χ1) is 11.7. The zero-order valence-corrected chi connectivity index (χ0v) is 16.4. The van der Waals surface area contributed by atoms with E-state index >= 15 is 0 Å². The number of hydrogen-bond donors (Lipinski definition) is 1. The fourth-order valence-corrected chi connectivity index (χ4v) is 4.99. The summed E-state index contributed by atoms with van der Waals surface area (Å²) in [6.07, 6.45) is 4.99. The quantitative estimate of drug-likeness (QED) is 0.776. The molecule has 25 heavy (non-hydrogen) atoms. The van der Waals surface area contributed by atoms with Crippen molar-refractivity contribution in [3.8, 4) is 0 Å². The highest BCUT2D eigenvalue weighted by molar-refractivity contribution is 9.10. The Morgan fingerprint density at radius 1 is 1.32 bits per heavy atom. The molecule has 1 aliphatic heterocycles. The number of hydrogen-bond acceptors (Lipinski definition) is 3. The van der Waals surface area contributed by atoms with Crippen molar-refractivity contribution in [2.75, 3.05) is 12.8 Å². The largest absolute Gasteiger partial charge is 0.337 e. The number of benzene rings is 1. The van der Waals surface area contributed by atoms with Crippen LogP contribution in [0.25, 0.3) is 0 Å². The van der Waals surface area contributed by atoms with E-state index in [1.54, 1.807) is 4.90 Å². The Labute approximate surface area is 156 Å². The van der Waals surface area contributed by atoms with Gasteiger partial charge in [0.2, 0.25) is 15.9 Å². The third kappa shape index (κ3) is 4.60. The van der Waals surface area contributed by atoms with Crippen LogP contribution in [0.15, 0.2) is 22.7 Å². The molecule has 0 bridgehead atoms. The third-order valence-corrected chi connectivity index (χ3v) is 6.20. The molecule has 2 fully saturated rings. The summed E-state index contributed by atoms with van der Waals surface area (Å²) in [6.45, 7) is 0.531. The summed E-state index contributed by atoms with van der Waals surface area (Å²) in [6, 6.07) is 3.98. The number of sulfonamides is 1. The zero-order valence-electron chi connectivity index (χ0n) is 14.0. The summed E-state index contributed by atoms with van der Waals surface area (Å²) in [5.41, 5.74) is 0.741. The standard InChI is InChI=1S/C17H22BrFN2O3S/c1-25(23,24)20-15-5-6-21(17(22)12-3-2-4-12)16(15)9-11-7-13(18)10-14(19)8-11/h7-8,10,12,15-16,20H,2-6,9H2,1H3. The van der Waals surface area contributed by atoms with Gasteiger partial charge >= 0.3 is 0 Å². The zero-order chi connectivity index (χ0) is 18.2. The molecule has 0 radical (unpaired) electrons. The number of halogens is 2. The molecule has 1 saturated heterocycles. The Kier molecular flexibility index (Phi) is 5.51. The summed E-state index contributed by atoms with van der Waals surface area (Å²) in [7, 11) is -3.38. The highest BCUT2D eigenvalue weighted by atomic mass is 79.9. The molecule has 2 unspecified atom stereocenters. The van der Waals surface area contributed by atoms with Crippen molar-refractivity contribution < 1.29 is 17.6 Å². The number of amides is 1. The molecule has 2 aliphatic rings. The summed E-state index contributed by atoms with van der Waals surface area (Å²) in [4.78, 5) is 14.5. The van der Waals surface area contributed by atoms with Crippen LogP contribution in [0.5, 0.6) is 0 Å². The van der Waals surface area contributed by atoms with Crippen molar-refractivity contribution in [1.82, 2.24) is 9.62 Å². The van der Waals surface area contributed by atoms with Crippen molar-refractivity contribution >= 4 is 31.9 Å². The van der Waals surface area contributed by atoms with E-state index < -0.39 is 10.0 Å². The van der Waals surface area contributed by atoms with Crippen molar-refractivity contribution in [2.24, 2.45) is 5.92 Å². The van der Waals surface area contributed by atoms with Gasteiger partial charge in [0, 0.05) is 23.0 Å². The van der Waals surface area contributed by atoms with Crippen molar-refractivity contribution in [2.45, 2.75) is 44.2 Å². The summed E-state index contributed by atoms with van der Waals surface area (Å²) in [5, 5.41) is 0. The second-order valence-corrected chi connectivity index (χ2v) is 9.69. The van der Waals surface area contributed by atoms with Gasteiger partial charge in [-0.15, -0.1) is 0 Å². The topological polar surface area (TPSA) is 66.5 Å². The van der Waals surface area contributed by atoms with Crippen molar-refractivity contribution in [1.29, 1.82) is 0 Å². The monoisotopic (exact) mass is 432 g/mol. The number of likely N-dealkylation sites (tertiary alicyclic amines) is 1. The lowest BCUT2D eigenvalue weighted by atomic mass is 9.84. The molecule has 1 aliphatic carbocycles. The maximum Gasteiger partial charge on any atom is 0.225 e. The van der Waals surface area contributed by atoms with Crippen LogP contribution in [0.4, 0.5) is 4.39 Å². The van der Waals surface area contributed by atoms with E-state index in [1.165, 1.54) is 12.1 Å². The number of nitrogens with zero attached hydrogens (tertiary/aromatic N) is 1. The van der Waals surface area contributed by atoms with E-state index in [-0.39, 0.29) is 29.7 Å². The molecule has 1 N–H and O–H groups in total. The first-order valence-electron chi connectivity index (χ1n) is 8.46. The smallest absolute Gasteiger partial charge is 0.225 e. The summed E-state index contributed by atoms with van der Waals surface area (Å²) in [5.74, 6) is -0.199. The molecule has 0 spiro atoms. The molecular weight excluding hydrogens is 411 g/mol. The van der Waals surface area contributed by atoms with E-state index in [9.17, 15) is 17.6 Å². The molecule has 8 heteroatoms. The Hall–Kier alpha value is -0.990. The first-order valence-corrected chi connectivity index (χ1v) is 11.1. The normalized spacial score (nSPS) is 24.4. The van der Waals surface area contributed by atoms with Crippen LogP contribution in [-0.2, 0) is 21.2 Å². The predicted molar refractivity (Wildman–Crippen MR) is 97.0 cm³/mol. The fourth-order valence-electron chi connectivity index (χ4n) is 3.65. The minimum absolute atomic E-state index is 0.0544. The van der Waals surface area contributed by atoms with Crippen LogP contribution < -0.4 is 4.72 Å². The average molecular weight is 433 g/mol.